The molecule has 0 radical (unpaired) electrons. The van der Waals surface area contributed by atoms with Gasteiger partial charge < -0.3 is 0 Å². The SMILES string of the molecule is CCCCCCCCCC(=O)NN=Cc1ccc(C(C)(C)C)cc1. The molecule has 134 valence electrons. The van der Waals surface area contributed by atoms with Crippen molar-refractivity contribution >= 4 is 12.1 Å². The molecule has 0 aliphatic heterocycles. The van der Waals surface area contributed by atoms with Gasteiger partial charge >= 0.3 is 0 Å². The van der Waals surface area contributed by atoms with Crippen LogP contribution in [-0.2, 0) is 10.2 Å². The van der Waals surface area contributed by atoms with E-state index >= 15 is 0 Å². The van der Waals surface area contributed by atoms with E-state index in [4.69, 9.17) is 0 Å². The van der Waals surface area contributed by atoms with Crippen LogP contribution in [-0.4, -0.2) is 12.1 Å². The summed E-state index contributed by atoms with van der Waals surface area (Å²) in [5.41, 5.74) is 5.06. The predicted octanol–water partition coefficient (Wildman–Crippen LogP) is 5.57. The van der Waals surface area contributed by atoms with Gasteiger partial charge in [0.25, 0.3) is 0 Å². The van der Waals surface area contributed by atoms with Crippen molar-refractivity contribution in [2.24, 2.45) is 5.10 Å². The molecule has 0 aliphatic rings. The van der Waals surface area contributed by atoms with Crippen molar-refractivity contribution in [2.45, 2.75) is 84.5 Å². The molecule has 0 bridgehead atoms. The van der Waals surface area contributed by atoms with E-state index in [1.165, 1.54) is 37.7 Å². The fraction of sp³-hybridized carbons (Fsp3) is 0.619. The molecule has 0 heterocycles. The van der Waals surface area contributed by atoms with Crippen molar-refractivity contribution in [3.05, 3.63) is 35.4 Å². The Balaban J connectivity index is 2.21. The maximum Gasteiger partial charge on any atom is 0.240 e. The van der Waals surface area contributed by atoms with E-state index in [0.717, 1.165) is 18.4 Å². The molecule has 0 spiro atoms. The van der Waals surface area contributed by atoms with Crippen LogP contribution < -0.4 is 5.43 Å². The van der Waals surface area contributed by atoms with Gasteiger partial charge in [-0.2, -0.15) is 5.10 Å². The van der Waals surface area contributed by atoms with E-state index in [1.807, 2.05) is 12.1 Å². The minimum absolute atomic E-state index is 0.00567. The summed E-state index contributed by atoms with van der Waals surface area (Å²) in [6.45, 7) is 8.81. The molecule has 24 heavy (non-hydrogen) atoms. The number of hydrogen-bond acceptors (Lipinski definition) is 2. The predicted molar refractivity (Wildman–Crippen MR) is 103 cm³/mol. The second kappa shape index (κ2) is 11.0. The summed E-state index contributed by atoms with van der Waals surface area (Å²) in [4.78, 5) is 11.7. The molecule has 1 aromatic carbocycles. The average molecular weight is 331 g/mol. The Hall–Kier alpha value is -1.64. The van der Waals surface area contributed by atoms with Crippen molar-refractivity contribution in [1.29, 1.82) is 0 Å². The standard InChI is InChI=1S/C21H34N2O/c1-5-6-7-8-9-10-11-12-20(24)23-22-17-18-13-15-19(16-14-18)21(2,3)4/h13-17H,5-12H2,1-4H3,(H,23,24). The average Bonchev–Trinajstić information content (AvgIpc) is 2.54. The van der Waals surface area contributed by atoms with Gasteiger partial charge in [0.2, 0.25) is 5.91 Å². The van der Waals surface area contributed by atoms with Crippen molar-refractivity contribution in [2.75, 3.05) is 0 Å². The molecule has 0 aliphatic carbocycles. The number of hydrazone groups is 1. The van der Waals surface area contributed by atoms with Crippen molar-refractivity contribution in [1.82, 2.24) is 5.43 Å². The molecule has 1 N–H and O–H groups in total. The number of nitrogens with one attached hydrogen (secondary N) is 1. The smallest absolute Gasteiger partial charge is 0.240 e. The Labute approximate surface area is 147 Å². The lowest BCUT2D eigenvalue weighted by Gasteiger charge is -2.18. The van der Waals surface area contributed by atoms with Gasteiger partial charge in [-0.25, -0.2) is 5.43 Å². The van der Waals surface area contributed by atoms with E-state index in [1.54, 1.807) is 6.21 Å². The van der Waals surface area contributed by atoms with Crippen LogP contribution >= 0.6 is 0 Å². The highest BCUT2D eigenvalue weighted by Crippen LogP contribution is 2.21. The Morgan fingerprint density at radius 1 is 1.00 bits per heavy atom. The highest BCUT2D eigenvalue weighted by atomic mass is 16.2. The minimum atomic E-state index is 0.00567. The van der Waals surface area contributed by atoms with E-state index in [9.17, 15) is 4.79 Å². The number of unbranched alkanes of at least 4 members (excludes halogenated alkanes) is 6. The zero-order valence-corrected chi connectivity index (χ0v) is 15.9. The molecule has 0 fully saturated rings. The van der Waals surface area contributed by atoms with Crippen LogP contribution in [0.5, 0.6) is 0 Å². The van der Waals surface area contributed by atoms with E-state index in [2.05, 4.69) is 50.4 Å². The van der Waals surface area contributed by atoms with Gasteiger partial charge in [-0.15, -0.1) is 0 Å². The first-order valence-corrected chi connectivity index (χ1v) is 9.36. The largest absolute Gasteiger partial charge is 0.273 e. The Morgan fingerprint density at radius 2 is 1.58 bits per heavy atom. The molecule has 0 unspecified atom stereocenters. The number of benzene rings is 1. The fourth-order valence-electron chi connectivity index (χ4n) is 2.55. The van der Waals surface area contributed by atoms with Gasteiger partial charge in [0.15, 0.2) is 0 Å². The van der Waals surface area contributed by atoms with Gasteiger partial charge in [0.1, 0.15) is 0 Å². The monoisotopic (exact) mass is 330 g/mol. The highest BCUT2D eigenvalue weighted by molar-refractivity contribution is 5.82. The van der Waals surface area contributed by atoms with Crippen LogP contribution in [0.15, 0.2) is 29.4 Å². The van der Waals surface area contributed by atoms with Gasteiger partial charge in [-0.1, -0.05) is 90.5 Å². The molecule has 0 atom stereocenters. The van der Waals surface area contributed by atoms with Gasteiger partial charge in [0, 0.05) is 6.42 Å². The first-order chi connectivity index (χ1) is 11.4. The summed E-state index contributed by atoms with van der Waals surface area (Å²) in [6, 6.07) is 8.29. The van der Waals surface area contributed by atoms with Crippen molar-refractivity contribution in [3.63, 3.8) is 0 Å². The maximum absolute atomic E-state index is 11.7. The molecule has 3 nitrogen and oxygen atoms in total. The second-order valence-electron chi connectivity index (χ2n) is 7.54. The van der Waals surface area contributed by atoms with E-state index in [-0.39, 0.29) is 11.3 Å². The van der Waals surface area contributed by atoms with Crippen LogP contribution in [0.3, 0.4) is 0 Å². The molecule has 1 aromatic rings. The summed E-state index contributed by atoms with van der Waals surface area (Å²) in [7, 11) is 0. The lowest BCUT2D eigenvalue weighted by atomic mass is 9.87. The molecule has 0 aromatic heterocycles. The zero-order chi connectivity index (χ0) is 17.8. The third-order valence-electron chi connectivity index (χ3n) is 4.19. The van der Waals surface area contributed by atoms with Crippen LogP contribution in [0.1, 0.15) is 90.2 Å². The summed E-state index contributed by atoms with van der Waals surface area (Å²) in [5.74, 6) is 0.00567. The molecule has 3 heteroatoms. The molecule has 1 rings (SSSR count). The summed E-state index contributed by atoms with van der Waals surface area (Å²) in [5, 5.41) is 4.05. The Kier molecular flexibility index (Phi) is 9.36. The van der Waals surface area contributed by atoms with Crippen LogP contribution in [0.4, 0.5) is 0 Å². The molecule has 0 saturated heterocycles. The Morgan fingerprint density at radius 3 is 2.17 bits per heavy atom. The van der Waals surface area contributed by atoms with Gasteiger partial charge in [0.05, 0.1) is 6.21 Å². The third kappa shape index (κ3) is 8.85. The lowest BCUT2D eigenvalue weighted by molar-refractivity contribution is -0.121. The van der Waals surface area contributed by atoms with Crippen molar-refractivity contribution in [3.8, 4) is 0 Å². The first-order valence-electron chi connectivity index (χ1n) is 9.36. The van der Waals surface area contributed by atoms with Crippen LogP contribution in [0.25, 0.3) is 0 Å². The lowest BCUT2D eigenvalue weighted by Crippen LogP contribution is -2.17. The quantitative estimate of drug-likeness (QED) is 0.340. The topological polar surface area (TPSA) is 41.5 Å². The third-order valence-corrected chi connectivity index (χ3v) is 4.19. The molecular weight excluding hydrogens is 296 g/mol. The number of carbonyl (C=O) groups is 1. The van der Waals surface area contributed by atoms with Crippen molar-refractivity contribution < 1.29 is 4.79 Å². The normalized spacial score (nSPS) is 11.8. The first kappa shape index (κ1) is 20.4. The second-order valence-corrected chi connectivity index (χ2v) is 7.54. The number of amides is 1. The number of rotatable bonds is 10. The molecule has 1 amide bonds. The van der Waals surface area contributed by atoms with Crippen LogP contribution in [0.2, 0.25) is 0 Å². The number of hydrogen-bond donors (Lipinski definition) is 1. The zero-order valence-electron chi connectivity index (χ0n) is 15.9. The van der Waals surface area contributed by atoms with Gasteiger partial charge in [-0.05, 0) is 23.0 Å². The van der Waals surface area contributed by atoms with E-state index < -0.39 is 0 Å². The van der Waals surface area contributed by atoms with E-state index in [0.29, 0.717) is 6.42 Å². The Bertz CT molecular complexity index is 498. The number of carbonyl (C=O) groups excluding carboxylic acids is 1. The highest BCUT2D eigenvalue weighted by Gasteiger charge is 2.12. The maximum atomic E-state index is 11.7. The minimum Gasteiger partial charge on any atom is -0.273 e. The summed E-state index contributed by atoms with van der Waals surface area (Å²) in [6.07, 6.45) is 10.8. The molecular formula is C21H34N2O. The number of nitrogens with zero attached hydrogens (tertiary/aromatic N) is 1. The summed E-state index contributed by atoms with van der Waals surface area (Å²) >= 11 is 0. The van der Waals surface area contributed by atoms with Gasteiger partial charge in [-0.3, -0.25) is 4.79 Å². The molecule has 0 saturated carbocycles. The fourth-order valence-corrected chi connectivity index (χ4v) is 2.55. The van der Waals surface area contributed by atoms with Crippen LogP contribution in [0, 0.1) is 0 Å². The summed E-state index contributed by atoms with van der Waals surface area (Å²) < 4.78 is 0.